The van der Waals surface area contributed by atoms with Crippen LogP contribution in [0.5, 0.6) is 11.5 Å². The first-order chi connectivity index (χ1) is 14.7. The highest BCUT2D eigenvalue weighted by molar-refractivity contribution is 6.03. The summed E-state index contributed by atoms with van der Waals surface area (Å²) in [7, 11) is 0. The fourth-order valence-corrected chi connectivity index (χ4v) is 3.61. The molecule has 30 heavy (non-hydrogen) atoms. The van der Waals surface area contributed by atoms with Crippen LogP contribution in [0.1, 0.15) is 35.2 Å². The molecule has 2 aliphatic heterocycles. The Morgan fingerprint density at radius 3 is 2.67 bits per heavy atom. The summed E-state index contributed by atoms with van der Waals surface area (Å²) in [4.78, 5) is 25.1. The third kappa shape index (κ3) is 5.10. The van der Waals surface area contributed by atoms with Crippen molar-refractivity contribution in [2.75, 3.05) is 31.7 Å². The molecule has 7 nitrogen and oxygen atoms in total. The van der Waals surface area contributed by atoms with Crippen LogP contribution in [0.25, 0.3) is 0 Å². The molecule has 0 saturated carbocycles. The van der Waals surface area contributed by atoms with E-state index in [0.717, 1.165) is 30.8 Å². The Kier molecular flexibility index (Phi) is 6.49. The molecule has 0 bridgehead atoms. The lowest BCUT2D eigenvalue weighted by molar-refractivity contribution is -0.116. The van der Waals surface area contributed by atoms with E-state index in [-0.39, 0.29) is 17.9 Å². The number of benzene rings is 2. The fraction of sp³-hybridized carbons (Fsp3) is 0.391. The fourth-order valence-electron chi connectivity index (χ4n) is 3.61. The van der Waals surface area contributed by atoms with Crippen molar-refractivity contribution in [3.8, 4) is 11.5 Å². The Bertz CT molecular complexity index is 908. The lowest BCUT2D eigenvalue weighted by atomic mass is 10.1. The van der Waals surface area contributed by atoms with Gasteiger partial charge in [0.1, 0.15) is 13.2 Å². The van der Waals surface area contributed by atoms with Crippen molar-refractivity contribution in [2.45, 2.75) is 31.8 Å². The van der Waals surface area contributed by atoms with Crippen molar-refractivity contribution >= 4 is 17.5 Å². The number of para-hydroxylation sites is 1. The van der Waals surface area contributed by atoms with Gasteiger partial charge in [-0.25, -0.2) is 0 Å². The summed E-state index contributed by atoms with van der Waals surface area (Å²) in [6, 6.07) is 12.8. The van der Waals surface area contributed by atoms with Crippen LogP contribution in [-0.4, -0.2) is 44.3 Å². The monoisotopic (exact) mass is 410 g/mol. The zero-order valence-corrected chi connectivity index (χ0v) is 16.8. The van der Waals surface area contributed by atoms with Crippen LogP contribution in [0, 0.1) is 0 Å². The normalized spacial score (nSPS) is 17.4. The summed E-state index contributed by atoms with van der Waals surface area (Å²) in [6.07, 6.45) is 2.91. The number of nitrogens with one attached hydrogen (secondary N) is 2. The van der Waals surface area contributed by atoms with Gasteiger partial charge in [-0.2, -0.15) is 0 Å². The van der Waals surface area contributed by atoms with Gasteiger partial charge in [0.2, 0.25) is 5.91 Å². The predicted molar refractivity (Wildman–Crippen MR) is 112 cm³/mol. The van der Waals surface area contributed by atoms with Crippen LogP contribution in [0.3, 0.4) is 0 Å². The maximum Gasteiger partial charge on any atom is 0.253 e. The minimum Gasteiger partial charge on any atom is -0.486 e. The van der Waals surface area contributed by atoms with Crippen LogP contribution in [0.2, 0.25) is 0 Å². The summed E-state index contributed by atoms with van der Waals surface area (Å²) in [5, 5.41) is 5.77. The van der Waals surface area contributed by atoms with Crippen molar-refractivity contribution in [3.05, 3.63) is 53.6 Å². The van der Waals surface area contributed by atoms with E-state index in [4.69, 9.17) is 14.2 Å². The maximum absolute atomic E-state index is 12.6. The van der Waals surface area contributed by atoms with Crippen LogP contribution in [-0.2, 0) is 16.0 Å². The number of amides is 2. The average molecular weight is 410 g/mol. The summed E-state index contributed by atoms with van der Waals surface area (Å²) in [5.74, 6) is 1.09. The van der Waals surface area contributed by atoms with Crippen molar-refractivity contribution in [1.29, 1.82) is 0 Å². The number of carbonyl (C=O) groups is 2. The van der Waals surface area contributed by atoms with Gasteiger partial charge >= 0.3 is 0 Å². The highest BCUT2D eigenvalue weighted by atomic mass is 16.6. The highest BCUT2D eigenvalue weighted by Gasteiger charge is 2.18. The molecule has 1 atom stereocenters. The Morgan fingerprint density at radius 2 is 1.83 bits per heavy atom. The first-order valence-corrected chi connectivity index (χ1v) is 10.4. The van der Waals surface area contributed by atoms with E-state index < -0.39 is 0 Å². The van der Waals surface area contributed by atoms with Crippen molar-refractivity contribution in [2.24, 2.45) is 0 Å². The second-order valence-corrected chi connectivity index (χ2v) is 7.42. The van der Waals surface area contributed by atoms with Gasteiger partial charge in [0.15, 0.2) is 11.5 Å². The zero-order chi connectivity index (χ0) is 20.8. The third-order valence-corrected chi connectivity index (χ3v) is 5.21. The number of rotatable bonds is 7. The van der Waals surface area contributed by atoms with Crippen LogP contribution >= 0.6 is 0 Å². The number of aryl methyl sites for hydroxylation is 1. The Balaban J connectivity index is 1.32. The molecule has 4 rings (SSSR count). The van der Waals surface area contributed by atoms with Crippen molar-refractivity contribution in [1.82, 2.24) is 5.32 Å². The van der Waals surface area contributed by atoms with Crippen LogP contribution < -0.4 is 20.1 Å². The molecule has 7 heteroatoms. The molecule has 1 fully saturated rings. The SMILES string of the molecule is O=C(CCc1ccc2c(c1)OCCO2)Nc1ccccc1C(=O)NC[C@H]1CCCO1. The molecule has 2 aliphatic rings. The molecular weight excluding hydrogens is 384 g/mol. The largest absolute Gasteiger partial charge is 0.486 e. The minimum atomic E-state index is -0.215. The molecule has 2 aromatic carbocycles. The van der Waals surface area contributed by atoms with E-state index in [0.29, 0.717) is 49.6 Å². The summed E-state index contributed by atoms with van der Waals surface area (Å²) in [6.45, 7) is 2.31. The summed E-state index contributed by atoms with van der Waals surface area (Å²) in [5.41, 5.74) is 1.95. The van der Waals surface area contributed by atoms with E-state index >= 15 is 0 Å². The lowest BCUT2D eigenvalue weighted by Gasteiger charge is -2.18. The first kappa shape index (κ1) is 20.2. The number of anilines is 1. The molecule has 2 heterocycles. The summed E-state index contributed by atoms with van der Waals surface area (Å²) < 4.78 is 16.7. The molecule has 158 valence electrons. The molecule has 0 radical (unpaired) electrons. The van der Waals surface area contributed by atoms with Gasteiger partial charge in [-0.1, -0.05) is 18.2 Å². The topological polar surface area (TPSA) is 85.9 Å². The van der Waals surface area contributed by atoms with E-state index in [1.807, 2.05) is 18.2 Å². The molecule has 1 saturated heterocycles. The maximum atomic E-state index is 12.6. The lowest BCUT2D eigenvalue weighted by Crippen LogP contribution is -2.32. The number of hydrogen-bond acceptors (Lipinski definition) is 5. The average Bonchev–Trinajstić information content (AvgIpc) is 3.30. The van der Waals surface area contributed by atoms with Gasteiger partial charge in [-0.15, -0.1) is 0 Å². The first-order valence-electron chi connectivity index (χ1n) is 10.4. The zero-order valence-electron chi connectivity index (χ0n) is 16.8. The van der Waals surface area contributed by atoms with E-state index in [2.05, 4.69) is 10.6 Å². The van der Waals surface area contributed by atoms with Crippen molar-refractivity contribution in [3.63, 3.8) is 0 Å². The molecule has 0 aromatic heterocycles. The van der Waals surface area contributed by atoms with E-state index in [1.54, 1.807) is 24.3 Å². The molecule has 0 aliphatic carbocycles. The molecule has 2 N–H and O–H groups in total. The van der Waals surface area contributed by atoms with Gasteiger partial charge in [-0.05, 0) is 49.1 Å². The minimum absolute atomic E-state index is 0.0710. The molecule has 0 spiro atoms. The van der Waals surface area contributed by atoms with Gasteiger partial charge in [0.25, 0.3) is 5.91 Å². The quantitative estimate of drug-likeness (QED) is 0.733. The van der Waals surface area contributed by atoms with Gasteiger partial charge in [0.05, 0.1) is 17.4 Å². The van der Waals surface area contributed by atoms with Crippen molar-refractivity contribution < 1.29 is 23.8 Å². The second-order valence-electron chi connectivity index (χ2n) is 7.42. The third-order valence-electron chi connectivity index (χ3n) is 5.21. The molecule has 2 aromatic rings. The van der Waals surface area contributed by atoms with E-state index in [9.17, 15) is 9.59 Å². The Morgan fingerprint density at radius 1 is 1.00 bits per heavy atom. The van der Waals surface area contributed by atoms with Crippen LogP contribution in [0.4, 0.5) is 5.69 Å². The Hall–Kier alpha value is -3.06. The second kappa shape index (κ2) is 9.63. The molecule has 2 amide bonds. The predicted octanol–water partition coefficient (Wildman–Crippen LogP) is 2.94. The van der Waals surface area contributed by atoms with E-state index in [1.165, 1.54) is 0 Å². The molecule has 0 unspecified atom stereocenters. The smallest absolute Gasteiger partial charge is 0.253 e. The van der Waals surface area contributed by atoms with Crippen LogP contribution in [0.15, 0.2) is 42.5 Å². The van der Waals surface area contributed by atoms with Gasteiger partial charge in [-0.3, -0.25) is 9.59 Å². The Labute approximate surface area is 175 Å². The standard InChI is InChI=1S/C23H26N2O5/c26-22(10-8-16-7-9-20-21(14-16)30-13-12-29-20)25-19-6-2-1-5-18(19)23(27)24-15-17-4-3-11-28-17/h1-2,5-7,9,14,17H,3-4,8,10-13,15H2,(H,24,27)(H,25,26)/t17-/m1/s1. The number of carbonyl (C=O) groups excluding carboxylic acids is 2. The molecular formula is C23H26N2O5. The number of fused-ring (bicyclic) bond motifs is 1. The number of ether oxygens (including phenoxy) is 3. The number of hydrogen-bond donors (Lipinski definition) is 2. The van der Waals surface area contributed by atoms with Gasteiger partial charge in [0, 0.05) is 19.6 Å². The van der Waals surface area contributed by atoms with Gasteiger partial charge < -0.3 is 24.8 Å². The highest BCUT2D eigenvalue weighted by Crippen LogP contribution is 2.31. The summed E-state index contributed by atoms with van der Waals surface area (Å²) >= 11 is 0.